The molecule has 1 aromatic heterocycles. The number of nitrogens with one attached hydrogen (secondary N) is 1. The molecular formula is C19H21FN3OS+. The van der Waals surface area contributed by atoms with Crippen LogP contribution in [0, 0.1) is 5.82 Å². The summed E-state index contributed by atoms with van der Waals surface area (Å²) in [4.78, 5) is 20.5. The zero-order valence-electron chi connectivity index (χ0n) is 14.3. The van der Waals surface area contributed by atoms with E-state index in [2.05, 4.69) is 19.1 Å². The van der Waals surface area contributed by atoms with Crippen LogP contribution in [0.3, 0.4) is 0 Å². The predicted molar refractivity (Wildman–Crippen MR) is 99.8 cm³/mol. The first kappa shape index (κ1) is 17.5. The molecule has 0 aliphatic carbocycles. The van der Waals surface area contributed by atoms with E-state index in [1.807, 2.05) is 24.3 Å². The number of aromatic nitrogens is 1. The highest BCUT2D eigenvalue weighted by atomic mass is 32.1. The Morgan fingerprint density at radius 3 is 2.56 bits per heavy atom. The van der Waals surface area contributed by atoms with Crippen molar-refractivity contribution in [1.82, 2.24) is 4.98 Å². The maximum Gasteiger partial charge on any atom is 0.233 e. The summed E-state index contributed by atoms with van der Waals surface area (Å²) in [5, 5.41) is 0.717. The molecule has 130 valence electrons. The van der Waals surface area contributed by atoms with Gasteiger partial charge in [0.05, 0.1) is 43.8 Å². The minimum Gasteiger partial charge on any atom is -0.338 e. The first-order chi connectivity index (χ1) is 12.0. The van der Waals surface area contributed by atoms with E-state index in [0.717, 1.165) is 27.5 Å². The molecule has 1 amide bonds. The second-order valence-corrected chi connectivity index (χ2v) is 7.28. The summed E-state index contributed by atoms with van der Waals surface area (Å²) >= 11 is 1.52. The summed E-state index contributed by atoms with van der Waals surface area (Å²) in [5.41, 5.74) is 1.70. The molecule has 0 unspecified atom stereocenters. The van der Waals surface area contributed by atoms with Crippen molar-refractivity contribution in [1.29, 1.82) is 0 Å². The van der Waals surface area contributed by atoms with Crippen LogP contribution in [0.1, 0.15) is 5.56 Å². The van der Waals surface area contributed by atoms with E-state index < -0.39 is 0 Å². The molecular weight excluding hydrogens is 337 g/mol. The number of benzene rings is 2. The van der Waals surface area contributed by atoms with Gasteiger partial charge in [-0.1, -0.05) is 35.6 Å². The van der Waals surface area contributed by atoms with E-state index in [0.29, 0.717) is 6.54 Å². The largest absolute Gasteiger partial charge is 0.338 e. The van der Waals surface area contributed by atoms with Crippen LogP contribution in [0.2, 0.25) is 0 Å². The highest BCUT2D eigenvalue weighted by Gasteiger charge is 2.20. The highest BCUT2D eigenvalue weighted by molar-refractivity contribution is 7.22. The van der Waals surface area contributed by atoms with E-state index in [4.69, 9.17) is 0 Å². The molecule has 4 nitrogen and oxygen atoms in total. The van der Waals surface area contributed by atoms with Crippen LogP contribution in [0.15, 0.2) is 48.5 Å². The number of carbonyl (C=O) groups is 1. The van der Waals surface area contributed by atoms with Gasteiger partial charge in [-0.05, 0) is 29.8 Å². The first-order valence-electron chi connectivity index (χ1n) is 8.22. The number of amides is 1. The van der Waals surface area contributed by atoms with Gasteiger partial charge in [0.1, 0.15) is 5.82 Å². The van der Waals surface area contributed by atoms with Gasteiger partial charge in [-0.3, -0.25) is 9.69 Å². The van der Waals surface area contributed by atoms with E-state index in [-0.39, 0.29) is 18.1 Å². The van der Waals surface area contributed by atoms with Gasteiger partial charge in [0, 0.05) is 0 Å². The van der Waals surface area contributed by atoms with Gasteiger partial charge in [-0.2, -0.15) is 0 Å². The summed E-state index contributed by atoms with van der Waals surface area (Å²) < 4.78 is 14.1. The number of halogens is 1. The van der Waals surface area contributed by atoms with Gasteiger partial charge < -0.3 is 4.90 Å². The molecule has 2 aromatic carbocycles. The molecule has 0 bridgehead atoms. The Morgan fingerprint density at radius 2 is 1.88 bits per heavy atom. The smallest absolute Gasteiger partial charge is 0.233 e. The third-order valence-electron chi connectivity index (χ3n) is 3.92. The van der Waals surface area contributed by atoms with Crippen LogP contribution < -0.4 is 9.80 Å². The van der Waals surface area contributed by atoms with Gasteiger partial charge in [-0.25, -0.2) is 9.37 Å². The van der Waals surface area contributed by atoms with Crippen LogP contribution in [0.4, 0.5) is 9.52 Å². The van der Waals surface area contributed by atoms with Gasteiger partial charge >= 0.3 is 0 Å². The monoisotopic (exact) mass is 358 g/mol. The zero-order chi connectivity index (χ0) is 17.8. The number of thiazole rings is 1. The molecule has 0 saturated heterocycles. The molecule has 0 radical (unpaired) electrons. The van der Waals surface area contributed by atoms with E-state index in [9.17, 15) is 9.18 Å². The SMILES string of the molecule is C[NH+](C)CCN(C(=O)Cc1ccc(F)cc1)c1nc2ccccc2s1. The molecule has 6 heteroatoms. The molecule has 3 rings (SSSR count). The zero-order valence-corrected chi connectivity index (χ0v) is 15.1. The van der Waals surface area contributed by atoms with Gasteiger partial charge in [0.15, 0.2) is 5.13 Å². The first-order valence-corrected chi connectivity index (χ1v) is 9.04. The van der Waals surface area contributed by atoms with Gasteiger partial charge in [0.25, 0.3) is 0 Å². The van der Waals surface area contributed by atoms with Gasteiger partial charge in [-0.15, -0.1) is 0 Å². The molecule has 0 spiro atoms. The standard InChI is InChI=1S/C19H20FN3OS/c1-22(2)11-12-23(18(24)13-14-7-9-15(20)10-8-14)19-21-16-5-3-4-6-17(16)25-19/h3-10H,11-13H2,1-2H3/p+1. The Labute approximate surface area is 150 Å². The summed E-state index contributed by atoms with van der Waals surface area (Å²) in [7, 11) is 4.11. The summed E-state index contributed by atoms with van der Waals surface area (Å²) in [5.74, 6) is -0.317. The average molecular weight is 358 g/mol. The number of anilines is 1. The molecule has 0 saturated carbocycles. The van der Waals surface area contributed by atoms with Crippen molar-refractivity contribution in [3.8, 4) is 0 Å². The van der Waals surface area contributed by atoms with Crippen molar-refractivity contribution < 1.29 is 14.1 Å². The summed E-state index contributed by atoms with van der Waals surface area (Å²) in [6, 6.07) is 14.0. The Hall–Kier alpha value is -2.31. The third-order valence-corrected chi connectivity index (χ3v) is 4.98. The molecule has 0 fully saturated rings. The van der Waals surface area contributed by atoms with E-state index in [1.165, 1.54) is 28.4 Å². The fourth-order valence-electron chi connectivity index (χ4n) is 2.51. The lowest BCUT2D eigenvalue weighted by atomic mass is 10.1. The lowest BCUT2D eigenvalue weighted by Crippen LogP contribution is -3.06. The number of hydrogen-bond acceptors (Lipinski definition) is 3. The number of nitrogens with zero attached hydrogens (tertiary/aromatic N) is 2. The number of quaternary nitrogens is 1. The number of para-hydroxylation sites is 1. The Bertz CT molecular complexity index is 827. The molecule has 3 aromatic rings. The minimum atomic E-state index is -0.296. The predicted octanol–water partition coefficient (Wildman–Crippen LogP) is 2.16. The molecule has 0 aliphatic rings. The number of likely N-dealkylation sites (N-methyl/N-ethyl adjacent to an activating group) is 1. The maximum atomic E-state index is 13.1. The van der Waals surface area contributed by atoms with Crippen LogP contribution >= 0.6 is 11.3 Å². The second-order valence-electron chi connectivity index (χ2n) is 6.27. The molecule has 1 heterocycles. The minimum absolute atomic E-state index is 0.0214. The number of fused-ring (bicyclic) bond motifs is 1. The number of carbonyl (C=O) groups excluding carboxylic acids is 1. The van der Waals surface area contributed by atoms with Crippen molar-refractivity contribution in [2.75, 3.05) is 32.1 Å². The van der Waals surface area contributed by atoms with E-state index in [1.54, 1.807) is 17.0 Å². The fraction of sp³-hybridized carbons (Fsp3) is 0.263. The Balaban J connectivity index is 1.85. The third kappa shape index (κ3) is 4.41. The van der Waals surface area contributed by atoms with Gasteiger partial charge in [0.2, 0.25) is 5.91 Å². The molecule has 0 aliphatic heterocycles. The fourth-order valence-corrected chi connectivity index (χ4v) is 3.52. The second kappa shape index (κ2) is 7.72. The van der Waals surface area contributed by atoms with Crippen molar-refractivity contribution in [2.24, 2.45) is 0 Å². The highest BCUT2D eigenvalue weighted by Crippen LogP contribution is 2.28. The van der Waals surface area contributed by atoms with Crippen LogP contribution in [0.5, 0.6) is 0 Å². The van der Waals surface area contributed by atoms with Crippen molar-refractivity contribution >= 4 is 32.6 Å². The maximum absolute atomic E-state index is 13.1. The lowest BCUT2D eigenvalue weighted by molar-refractivity contribution is -0.856. The van der Waals surface area contributed by atoms with Crippen molar-refractivity contribution in [2.45, 2.75) is 6.42 Å². The number of hydrogen-bond donors (Lipinski definition) is 1. The Morgan fingerprint density at radius 1 is 1.16 bits per heavy atom. The topological polar surface area (TPSA) is 37.6 Å². The number of rotatable bonds is 6. The Kier molecular flexibility index (Phi) is 5.40. The summed E-state index contributed by atoms with van der Waals surface area (Å²) in [6.07, 6.45) is 0.235. The molecule has 1 N–H and O–H groups in total. The molecule has 0 atom stereocenters. The quantitative estimate of drug-likeness (QED) is 0.733. The molecule has 25 heavy (non-hydrogen) atoms. The van der Waals surface area contributed by atoms with Crippen LogP contribution in [0.25, 0.3) is 10.2 Å². The van der Waals surface area contributed by atoms with E-state index >= 15 is 0 Å². The van der Waals surface area contributed by atoms with Crippen molar-refractivity contribution in [3.63, 3.8) is 0 Å². The normalized spacial score (nSPS) is 11.2. The van der Waals surface area contributed by atoms with Crippen molar-refractivity contribution in [3.05, 3.63) is 59.9 Å². The average Bonchev–Trinajstić information content (AvgIpc) is 3.00. The lowest BCUT2D eigenvalue weighted by Gasteiger charge is -2.20. The summed E-state index contributed by atoms with van der Waals surface area (Å²) in [6.45, 7) is 1.42. The van der Waals surface area contributed by atoms with Crippen LogP contribution in [-0.4, -0.2) is 38.1 Å². The van der Waals surface area contributed by atoms with Crippen LogP contribution in [-0.2, 0) is 11.2 Å².